The molecule has 0 aromatic rings. The van der Waals surface area contributed by atoms with Gasteiger partial charge in [0.15, 0.2) is 0 Å². The monoisotopic (exact) mass is 434 g/mol. The molecule has 176 valence electrons. The van der Waals surface area contributed by atoms with Crippen molar-refractivity contribution >= 4 is 17.6 Å². The maximum Gasteiger partial charge on any atom is 0.244 e. The van der Waals surface area contributed by atoms with E-state index in [1.165, 1.54) is 38.8 Å². The Bertz CT molecular complexity index is 615. The van der Waals surface area contributed by atoms with Gasteiger partial charge in [-0.25, -0.2) is 5.01 Å². The van der Waals surface area contributed by atoms with Crippen molar-refractivity contribution in [1.82, 2.24) is 9.91 Å². The van der Waals surface area contributed by atoms with E-state index < -0.39 is 12.0 Å². The zero-order valence-corrected chi connectivity index (χ0v) is 19.6. The number of nitrogens with two attached hydrogens (primary N) is 1. The zero-order valence-electron chi connectivity index (χ0n) is 19.6. The number of carboxylic acids is 1. The van der Waals surface area contributed by atoms with E-state index in [0.29, 0.717) is 11.8 Å². The maximum absolute atomic E-state index is 13.0. The third-order valence-electron chi connectivity index (χ3n) is 7.28. The molecule has 31 heavy (non-hydrogen) atoms. The lowest BCUT2D eigenvalue weighted by molar-refractivity contribution is -0.662. The predicted octanol–water partition coefficient (Wildman–Crippen LogP) is 1.13. The molecule has 4 rings (SSSR count). The van der Waals surface area contributed by atoms with Crippen LogP contribution in [0.2, 0.25) is 0 Å². The second-order valence-electron chi connectivity index (χ2n) is 9.98. The number of nitrogens with zero attached hydrogens (tertiary/aromatic N) is 3. The van der Waals surface area contributed by atoms with Gasteiger partial charge in [-0.2, -0.15) is 5.10 Å². The van der Waals surface area contributed by atoms with Gasteiger partial charge in [0.25, 0.3) is 0 Å². The number of piperidine rings is 2. The second kappa shape index (κ2) is 12.0. The first-order chi connectivity index (χ1) is 15.0. The van der Waals surface area contributed by atoms with E-state index in [9.17, 15) is 14.7 Å². The summed E-state index contributed by atoms with van der Waals surface area (Å²) in [6, 6.07) is -0.755. The summed E-state index contributed by atoms with van der Waals surface area (Å²) in [5.41, 5.74) is 1.14. The number of fused-ring (bicyclic) bond motifs is 1. The lowest BCUT2D eigenvalue weighted by atomic mass is 9.79. The molecule has 0 bridgehead atoms. The Morgan fingerprint density at radius 1 is 1.03 bits per heavy atom. The lowest BCUT2D eigenvalue weighted by Crippen LogP contribution is -2.85. The molecule has 3 fully saturated rings. The Kier molecular flexibility index (Phi) is 9.32. The molecule has 0 aromatic carbocycles. The van der Waals surface area contributed by atoms with Crippen molar-refractivity contribution in [2.75, 3.05) is 26.2 Å². The number of hydrogen-bond acceptors (Lipinski definition) is 5. The van der Waals surface area contributed by atoms with Crippen molar-refractivity contribution in [3.05, 3.63) is 0 Å². The third-order valence-corrected chi connectivity index (χ3v) is 7.28. The summed E-state index contributed by atoms with van der Waals surface area (Å²) in [5.74, 6) is -0.639. The summed E-state index contributed by atoms with van der Waals surface area (Å²) in [6.07, 6.45) is 11.8. The Labute approximate surface area is 187 Å². The van der Waals surface area contributed by atoms with Crippen molar-refractivity contribution in [3.8, 4) is 0 Å². The number of carbonyl (C=O) groups excluding carboxylic acids is 2. The number of likely N-dealkylation sites (tertiary alicyclic amines) is 1. The van der Waals surface area contributed by atoms with Crippen LogP contribution < -0.4 is 10.4 Å². The number of carbonyl (C=O) groups is 2. The van der Waals surface area contributed by atoms with Gasteiger partial charge >= 0.3 is 0 Å². The second-order valence-corrected chi connectivity index (χ2v) is 9.98. The number of carboxylic acid groups (broad SMARTS) is 1. The van der Waals surface area contributed by atoms with E-state index in [0.717, 1.165) is 57.3 Å². The highest BCUT2D eigenvalue weighted by molar-refractivity contribution is 5.93. The molecule has 0 spiro atoms. The van der Waals surface area contributed by atoms with Crippen molar-refractivity contribution in [2.45, 2.75) is 96.6 Å². The molecule has 1 aliphatic carbocycles. The number of quaternary nitrogens is 1. The number of aliphatic carboxylic acids is 1. The highest BCUT2D eigenvalue weighted by atomic mass is 16.4. The van der Waals surface area contributed by atoms with Gasteiger partial charge in [0, 0.05) is 18.1 Å². The van der Waals surface area contributed by atoms with E-state index >= 15 is 0 Å². The van der Waals surface area contributed by atoms with Gasteiger partial charge in [0.1, 0.15) is 0 Å². The van der Waals surface area contributed by atoms with Crippen molar-refractivity contribution in [1.29, 1.82) is 0 Å². The average molecular weight is 435 g/mol. The fraction of sp³-hybridized carbons (Fsp3) is 0.875. The summed E-state index contributed by atoms with van der Waals surface area (Å²) in [6.45, 7) is 8.46. The van der Waals surface area contributed by atoms with Gasteiger partial charge in [-0.05, 0) is 70.4 Å². The van der Waals surface area contributed by atoms with Crippen LogP contribution in [-0.2, 0) is 9.59 Å². The predicted molar refractivity (Wildman–Crippen MR) is 119 cm³/mol. The minimum atomic E-state index is -1.14. The number of rotatable bonds is 5. The van der Waals surface area contributed by atoms with Crippen molar-refractivity contribution < 1.29 is 20.0 Å². The minimum Gasteiger partial charge on any atom is -0.548 e. The fourth-order valence-corrected chi connectivity index (χ4v) is 5.61. The van der Waals surface area contributed by atoms with E-state index in [2.05, 4.69) is 24.3 Å². The summed E-state index contributed by atoms with van der Waals surface area (Å²) >= 11 is 0. The zero-order chi connectivity index (χ0) is 22.2. The van der Waals surface area contributed by atoms with Gasteiger partial charge in [0.05, 0.1) is 31.1 Å². The van der Waals surface area contributed by atoms with Gasteiger partial charge < -0.3 is 15.2 Å². The number of hydrazone groups is 1. The topological polar surface area (TPSA) is 92.6 Å². The first-order valence-corrected chi connectivity index (χ1v) is 12.6. The molecule has 7 heteroatoms. The quantitative estimate of drug-likeness (QED) is 0.702. The average Bonchev–Trinajstić information content (AvgIpc) is 3.19. The first-order valence-electron chi connectivity index (χ1n) is 12.6. The Morgan fingerprint density at radius 2 is 1.71 bits per heavy atom. The lowest BCUT2D eigenvalue weighted by Gasteiger charge is -2.36. The molecule has 2 N–H and O–H groups in total. The Hall–Kier alpha value is -1.47. The van der Waals surface area contributed by atoms with Gasteiger partial charge in [-0.15, -0.1) is 0 Å². The fourth-order valence-electron chi connectivity index (χ4n) is 5.61. The molecular formula is C24H42N4O3. The summed E-state index contributed by atoms with van der Waals surface area (Å²) < 4.78 is 0. The van der Waals surface area contributed by atoms with Crippen LogP contribution in [0.4, 0.5) is 0 Å². The van der Waals surface area contributed by atoms with Crippen LogP contribution in [0.3, 0.4) is 0 Å². The van der Waals surface area contributed by atoms with Crippen LogP contribution in [0.5, 0.6) is 0 Å². The molecule has 0 radical (unpaired) electrons. The number of amides is 1. The molecule has 3 heterocycles. The molecule has 3 unspecified atom stereocenters. The Balaban J connectivity index is 0.000000391. The smallest absolute Gasteiger partial charge is 0.244 e. The standard InChI is InChI=1S/C19H31N3O3.C5H11N/c1-13(2)18-14-8-4-5-9-15(14)20-22(18)17(23)12-16(19(24)25)21-10-6-3-7-11-21;1-2-4-6-5-3-1/h13-14,16,18H,3-12H2,1-2H3,(H,24,25);6H,1-5H2. The molecule has 0 aromatic heterocycles. The Morgan fingerprint density at radius 3 is 2.26 bits per heavy atom. The first kappa shape index (κ1) is 24.2. The van der Waals surface area contributed by atoms with E-state index in [1.54, 1.807) is 5.01 Å². The molecule has 3 atom stereocenters. The largest absolute Gasteiger partial charge is 0.548 e. The van der Waals surface area contributed by atoms with Gasteiger partial charge in [-0.3, -0.25) is 9.69 Å². The molecular weight excluding hydrogens is 392 g/mol. The van der Waals surface area contributed by atoms with Crippen LogP contribution >= 0.6 is 0 Å². The van der Waals surface area contributed by atoms with E-state index in [4.69, 9.17) is 0 Å². The molecule has 7 nitrogen and oxygen atoms in total. The van der Waals surface area contributed by atoms with Crippen LogP contribution in [0.1, 0.15) is 84.5 Å². The van der Waals surface area contributed by atoms with Crippen LogP contribution in [-0.4, -0.2) is 65.8 Å². The third kappa shape index (κ3) is 6.51. The normalized spacial score (nSPS) is 27.7. The molecule has 3 aliphatic heterocycles. The van der Waals surface area contributed by atoms with Gasteiger partial charge in [-0.1, -0.05) is 26.7 Å². The van der Waals surface area contributed by atoms with Gasteiger partial charge in [0.2, 0.25) is 5.91 Å². The van der Waals surface area contributed by atoms with Crippen molar-refractivity contribution in [2.24, 2.45) is 16.9 Å². The highest BCUT2D eigenvalue weighted by Crippen LogP contribution is 2.37. The molecule has 2 saturated heterocycles. The summed E-state index contributed by atoms with van der Waals surface area (Å²) in [5, 5.41) is 20.3. The summed E-state index contributed by atoms with van der Waals surface area (Å²) in [7, 11) is 0. The molecule has 1 amide bonds. The molecule has 1 saturated carbocycles. The van der Waals surface area contributed by atoms with E-state index in [-0.39, 0.29) is 18.4 Å². The van der Waals surface area contributed by atoms with Crippen LogP contribution in [0, 0.1) is 11.8 Å². The maximum atomic E-state index is 13.0. The van der Waals surface area contributed by atoms with E-state index in [1.807, 2.05) is 4.90 Å². The van der Waals surface area contributed by atoms with Crippen LogP contribution in [0.15, 0.2) is 5.10 Å². The summed E-state index contributed by atoms with van der Waals surface area (Å²) in [4.78, 5) is 26.5. The molecule has 4 aliphatic rings. The number of hydrogen-bond donors (Lipinski definition) is 1. The highest BCUT2D eigenvalue weighted by Gasteiger charge is 2.43. The van der Waals surface area contributed by atoms with Crippen molar-refractivity contribution in [3.63, 3.8) is 0 Å². The van der Waals surface area contributed by atoms with Crippen LogP contribution in [0.25, 0.3) is 0 Å². The minimum absolute atomic E-state index is 0.0327. The SMILES string of the molecule is C1CC[NH2+]CC1.CC(C)C1C2CCCCC2=NN1C(=O)CC(C(=O)[O-])N1CCCCC1.